The molecule has 34 heavy (non-hydrogen) atoms. The van der Waals surface area contributed by atoms with Crippen LogP contribution in [0.3, 0.4) is 0 Å². The van der Waals surface area contributed by atoms with Crippen LogP contribution in [0.25, 0.3) is 16.3 Å². The van der Waals surface area contributed by atoms with Gasteiger partial charge in [-0.05, 0) is 44.4 Å². The largest absolute Gasteiger partial charge is 0.573 e. The molecule has 0 aliphatic heterocycles. The molecular weight excluding hydrogens is 471 g/mol. The first-order valence-electron chi connectivity index (χ1n) is 10.7. The third-order valence-electron chi connectivity index (χ3n) is 4.87. The SMILES string of the molecule is Cc1nc(Nc2nc3ccc(OC(F)(F)F)cc3s2)n(C)c1/C=C\CC(=O)NCCCCCO. The predicted molar refractivity (Wildman–Crippen MR) is 125 cm³/mol. The van der Waals surface area contributed by atoms with Crippen molar-refractivity contribution in [1.82, 2.24) is 19.9 Å². The number of nitrogens with zero attached hydrogens (tertiary/aromatic N) is 3. The van der Waals surface area contributed by atoms with Crippen LogP contribution in [0.1, 0.15) is 37.1 Å². The summed E-state index contributed by atoms with van der Waals surface area (Å²) in [6.07, 6.45) is 1.48. The molecule has 12 heteroatoms. The first-order valence-corrected chi connectivity index (χ1v) is 11.5. The first-order chi connectivity index (χ1) is 16.2. The number of amides is 1. The number of anilines is 2. The number of aliphatic hydroxyl groups excluding tert-OH is 1. The van der Waals surface area contributed by atoms with Gasteiger partial charge in [-0.3, -0.25) is 4.79 Å². The van der Waals surface area contributed by atoms with Crippen molar-refractivity contribution in [3.63, 3.8) is 0 Å². The number of benzene rings is 1. The standard InChI is InChI=1S/C22H26F3N5O3S/c1-14-17(7-6-8-19(32)26-11-4-3-5-12-31)30(2)20(27-14)29-21-28-16-10-9-15(13-18(16)34-21)33-22(23,24)25/h6-7,9-10,13,31H,3-5,8,11-12H2,1-2H3,(H,26,32)(H,27,28,29)/b7-6-. The van der Waals surface area contributed by atoms with Crippen molar-refractivity contribution in [3.8, 4) is 5.75 Å². The summed E-state index contributed by atoms with van der Waals surface area (Å²) < 4.78 is 43.7. The van der Waals surface area contributed by atoms with Crippen LogP contribution in [0.15, 0.2) is 24.3 Å². The molecule has 0 radical (unpaired) electrons. The normalized spacial score (nSPS) is 11.9. The zero-order valence-electron chi connectivity index (χ0n) is 18.8. The molecule has 0 atom stereocenters. The Morgan fingerprint density at radius 3 is 2.79 bits per heavy atom. The third kappa shape index (κ3) is 7.19. The highest BCUT2D eigenvalue weighted by atomic mass is 32.1. The molecule has 8 nitrogen and oxygen atoms in total. The number of carbonyl (C=O) groups excluding carboxylic acids is 1. The summed E-state index contributed by atoms with van der Waals surface area (Å²) >= 11 is 1.18. The molecule has 2 heterocycles. The minimum absolute atomic E-state index is 0.0817. The van der Waals surface area contributed by atoms with Crippen LogP contribution in [-0.2, 0) is 11.8 Å². The Morgan fingerprint density at radius 1 is 1.26 bits per heavy atom. The van der Waals surface area contributed by atoms with Crippen molar-refractivity contribution in [2.24, 2.45) is 7.05 Å². The summed E-state index contributed by atoms with van der Waals surface area (Å²) in [4.78, 5) is 20.8. The zero-order chi connectivity index (χ0) is 24.7. The molecule has 0 bridgehead atoms. The fourth-order valence-corrected chi connectivity index (χ4v) is 4.12. The van der Waals surface area contributed by atoms with Crippen LogP contribution in [0, 0.1) is 6.92 Å². The lowest BCUT2D eigenvalue weighted by Gasteiger charge is -2.07. The van der Waals surface area contributed by atoms with E-state index >= 15 is 0 Å². The number of nitrogens with one attached hydrogen (secondary N) is 2. The second kappa shape index (κ2) is 11.3. The highest BCUT2D eigenvalue weighted by molar-refractivity contribution is 7.22. The number of aromatic nitrogens is 3. The van der Waals surface area contributed by atoms with Crippen LogP contribution < -0.4 is 15.4 Å². The van der Waals surface area contributed by atoms with Gasteiger partial charge in [0.2, 0.25) is 11.9 Å². The minimum Gasteiger partial charge on any atom is -0.406 e. The maximum atomic E-state index is 12.5. The lowest BCUT2D eigenvalue weighted by atomic mass is 10.2. The van der Waals surface area contributed by atoms with Crippen molar-refractivity contribution < 1.29 is 27.8 Å². The Bertz CT molecular complexity index is 1160. The van der Waals surface area contributed by atoms with E-state index in [0.717, 1.165) is 30.7 Å². The number of halogens is 3. The summed E-state index contributed by atoms with van der Waals surface area (Å²) in [5, 5.41) is 15.2. The average molecular weight is 498 g/mol. The summed E-state index contributed by atoms with van der Waals surface area (Å²) in [5.41, 5.74) is 2.09. The van der Waals surface area contributed by atoms with Crippen molar-refractivity contribution in [2.75, 3.05) is 18.5 Å². The van der Waals surface area contributed by atoms with Crippen molar-refractivity contribution >= 4 is 44.6 Å². The Balaban J connectivity index is 1.62. The molecule has 0 saturated heterocycles. The zero-order valence-corrected chi connectivity index (χ0v) is 19.6. The molecular formula is C22H26F3N5O3S. The summed E-state index contributed by atoms with van der Waals surface area (Å²) in [6.45, 7) is 2.58. The second-order valence-electron chi connectivity index (χ2n) is 7.53. The van der Waals surface area contributed by atoms with Crippen LogP contribution in [0.2, 0.25) is 0 Å². The molecule has 0 aliphatic carbocycles. The molecule has 2 aromatic heterocycles. The molecule has 0 saturated carbocycles. The molecule has 0 unspecified atom stereocenters. The Morgan fingerprint density at radius 2 is 2.06 bits per heavy atom. The second-order valence-corrected chi connectivity index (χ2v) is 8.56. The number of unbranched alkanes of at least 4 members (excludes halogenated alkanes) is 2. The highest BCUT2D eigenvalue weighted by Crippen LogP contribution is 2.33. The average Bonchev–Trinajstić information content (AvgIpc) is 3.27. The van der Waals surface area contributed by atoms with Crippen LogP contribution in [-0.4, -0.2) is 45.1 Å². The number of thiazole rings is 1. The predicted octanol–water partition coefficient (Wildman–Crippen LogP) is 4.66. The van der Waals surface area contributed by atoms with E-state index in [0.29, 0.717) is 27.8 Å². The van der Waals surface area contributed by atoms with E-state index in [1.54, 1.807) is 6.08 Å². The lowest BCUT2D eigenvalue weighted by Crippen LogP contribution is -2.23. The van der Waals surface area contributed by atoms with Gasteiger partial charge in [-0.25, -0.2) is 9.97 Å². The van der Waals surface area contributed by atoms with E-state index in [4.69, 9.17) is 5.11 Å². The van der Waals surface area contributed by atoms with Gasteiger partial charge >= 0.3 is 6.36 Å². The van der Waals surface area contributed by atoms with Gasteiger partial charge in [0, 0.05) is 32.7 Å². The molecule has 3 N–H and O–H groups in total. The number of imidazole rings is 1. The number of hydrogen-bond donors (Lipinski definition) is 3. The van der Waals surface area contributed by atoms with Crippen molar-refractivity contribution in [3.05, 3.63) is 35.7 Å². The Labute approximate surface area is 198 Å². The van der Waals surface area contributed by atoms with E-state index in [1.807, 2.05) is 24.6 Å². The number of alkyl halides is 3. The first kappa shape index (κ1) is 25.5. The fraction of sp³-hybridized carbons (Fsp3) is 0.409. The number of carbonyl (C=O) groups is 1. The Hall–Kier alpha value is -3.12. The van der Waals surface area contributed by atoms with Gasteiger partial charge in [0.1, 0.15) is 5.75 Å². The third-order valence-corrected chi connectivity index (χ3v) is 5.81. The van der Waals surface area contributed by atoms with Crippen LogP contribution >= 0.6 is 11.3 Å². The van der Waals surface area contributed by atoms with Gasteiger partial charge in [-0.1, -0.05) is 17.4 Å². The molecule has 184 valence electrons. The van der Waals surface area contributed by atoms with Gasteiger partial charge in [-0.15, -0.1) is 13.2 Å². The maximum absolute atomic E-state index is 12.5. The van der Waals surface area contributed by atoms with E-state index < -0.39 is 6.36 Å². The molecule has 0 spiro atoms. The monoisotopic (exact) mass is 497 g/mol. The number of hydrogen-bond acceptors (Lipinski definition) is 7. The van der Waals surface area contributed by atoms with Crippen LogP contribution in [0.4, 0.5) is 24.3 Å². The minimum atomic E-state index is -4.76. The Kier molecular flexibility index (Phi) is 8.51. The molecule has 0 fully saturated rings. The molecule has 1 amide bonds. The number of rotatable bonds is 11. The maximum Gasteiger partial charge on any atom is 0.573 e. The summed E-state index contributed by atoms with van der Waals surface area (Å²) in [7, 11) is 1.81. The lowest BCUT2D eigenvalue weighted by molar-refractivity contribution is -0.274. The molecule has 1 aromatic carbocycles. The van der Waals surface area contributed by atoms with E-state index in [-0.39, 0.29) is 24.7 Å². The van der Waals surface area contributed by atoms with Gasteiger partial charge in [0.05, 0.1) is 21.6 Å². The van der Waals surface area contributed by atoms with E-state index in [9.17, 15) is 18.0 Å². The number of aryl methyl sites for hydroxylation is 1. The van der Waals surface area contributed by atoms with Crippen molar-refractivity contribution in [1.29, 1.82) is 0 Å². The highest BCUT2D eigenvalue weighted by Gasteiger charge is 2.31. The number of ether oxygens (including phenoxy) is 1. The number of aliphatic hydroxyl groups is 1. The smallest absolute Gasteiger partial charge is 0.406 e. The topological polar surface area (TPSA) is 101 Å². The quantitative estimate of drug-likeness (QED) is 0.333. The van der Waals surface area contributed by atoms with Gasteiger partial charge in [0.25, 0.3) is 0 Å². The van der Waals surface area contributed by atoms with Crippen LogP contribution in [0.5, 0.6) is 5.75 Å². The van der Waals surface area contributed by atoms with Gasteiger partial charge in [0.15, 0.2) is 5.13 Å². The van der Waals surface area contributed by atoms with Crippen molar-refractivity contribution in [2.45, 2.75) is 39.0 Å². The summed E-state index contributed by atoms with van der Waals surface area (Å²) in [6, 6.07) is 3.98. The van der Waals surface area contributed by atoms with Gasteiger partial charge in [-0.2, -0.15) is 0 Å². The molecule has 3 aromatic rings. The van der Waals surface area contributed by atoms with Gasteiger partial charge < -0.3 is 25.0 Å². The number of fused-ring (bicyclic) bond motifs is 1. The fourth-order valence-electron chi connectivity index (χ4n) is 3.23. The summed E-state index contributed by atoms with van der Waals surface area (Å²) in [5.74, 6) is 0.128. The molecule has 0 aliphatic rings. The van der Waals surface area contributed by atoms with E-state index in [2.05, 4.69) is 25.3 Å². The molecule has 3 rings (SSSR count). The van der Waals surface area contributed by atoms with E-state index in [1.165, 1.54) is 29.5 Å².